The van der Waals surface area contributed by atoms with Gasteiger partial charge in [0.2, 0.25) is 0 Å². The number of non-ortho nitro benzene ring substituents is 1. The van der Waals surface area contributed by atoms with E-state index in [0.29, 0.717) is 6.07 Å². The molecule has 0 aliphatic heterocycles. The summed E-state index contributed by atoms with van der Waals surface area (Å²) in [5.41, 5.74) is -3.08. The van der Waals surface area contributed by atoms with Crippen LogP contribution < -0.4 is 9.47 Å². The molecule has 1 aliphatic rings. The first-order chi connectivity index (χ1) is 19.3. The summed E-state index contributed by atoms with van der Waals surface area (Å²) in [4.78, 5) is 27.0. The van der Waals surface area contributed by atoms with Crippen LogP contribution in [0.5, 0.6) is 11.5 Å². The average molecular weight is 621 g/mol. The van der Waals surface area contributed by atoms with Gasteiger partial charge in [0.1, 0.15) is 6.10 Å². The van der Waals surface area contributed by atoms with Crippen LogP contribution in [-0.2, 0) is 17.3 Å². The quantitative estimate of drug-likeness (QED) is 0.0931. The van der Waals surface area contributed by atoms with Gasteiger partial charge in [-0.15, -0.1) is 0 Å². The number of esters is 1. The molecule has 0 radical (unpaired) electrons. The number of alkyl halides is 5. The fourth-order valence-corrected chi connectivity index (χ4v) is 4.34. The van der Waals surface area contributed by atoms with Crippen molar-refractivity contribution in [1.29, 1.82) is 0 Å². The Morgan fingerprint density at radius 1 is 1.07 bits per heavy atom. The zero-order chi connectivity index (χ0) is 29.9. The number of rotatable bonds is 11. The minimum Gasteiger partial charge on any atom is -0.489 e. The summed E-state index contributed by atoms with van der Waals surface area (Å²) in [5.74, 6) is -1.64. The van der Waals surface area contributed by atoms with Crippen LogP contribution in [0.1, 0.15) is 46.0 Å². The van der Waals surface area contributed by atoms with Gasteiger partial charge in [-0.2, -0.15) is 22.0 Å². The Labute approximate surface area is 239 Å². The predicted molar refractivity (Wildman–Crippen MR) is 136 cm³/mol. The fourth-order valence-electron chi connectivity index (χ4n) is 3.82. The largest absolute Gasteiger partial charge is 0.489 e. The number of ether oxygens (including phenoxy) is 3. The van der Waals surface area contributed by atoms with E-state index in [4.69, 9.17) is 32.7 Å². The number of hydrogen-bond donors (Lipinski definition) is 0. The summed E-state index contributed by atoms with van der Waals surface area (Å²) in [7, 11) is 0. The Bertz CT molecular complexity index is 1430. The lowest BCUT2D eigenvalue weighted by molar-refractivity contribution is -0.385. The fraction of sp³-hybridized carbons (Fsp3) is 0.308. The third kappa shape index (κ3) is 7.73. The molecular weight excluding hydrogens is 602 g/mol. The second-order valence-electron chi connectivity index (χ2n) is 9.00. The van der Waals surface area contributed by atoms with Gasteiger partial charge in [0.05, 0.1) is 32.7 Å². The maximum absolute atomic E-state index is 13.8. The van der Waals surface area contributed by atoms with Crippen LogP contribution in [0, 0.1) is 16.0 Å². The number of hydrogen-bond acceptors (Lipinski definition) is 7. The van der Waals surface area contributed by atoms with E-state index in [2.05, 4.69) is 9.72 Å². The van der Waals surface area contributed by atoms with Crippen molar-refractivity contribution in [3.63, 3.8) is 0 Å². The van der Waals surface area contributed by atoms with Crippen molar-refractivity contribution in [2.75, 3.05) is 6.61 Å². The average Bonchev–Trinajstić information content (AvgIpc) is 3.73. The highest BCUT2D eigenvalue weighted by atomic mass is 35.5. The second kappa shape index (κ2) is 12.4. The molecule has 0 bridgehead atoms. The number of nitrogens with zero attached hydrogens (tertiary/aromatic N) is 2. The highest BCUT2D eigenvalue weighted by Crippen LogP contribution is 2.39. The van der Waals surface area contributed by atoms with Crippen LogP contribution in [-0.4, -0.2) is 29.1 Å². The van der Waals surface area contributed by atoms with Gasteiger partial charge in [-0.3, -0.25) is 15.1 Å². The molecule has 8 nitrogen and oxygen atoms in total. The Morgan fingerprint density at radius 3 is 2.34 bits per heavy atom. The Balaban J connectivity index is 1.75. The number of aromatic nitrogens is 1. The molecule has 0 unspecified atom stereocenters. The summed E-state index contributed by atoms with van der Waals surface area (Å²) in [5, 5.41) is 11.2. The molecule has 3 aromatic rings. The molecule has 0 spiro atoms. The molecule has 0 amide bonds. The van der Waals surface area contributed by atoms with Gasteiger partial charge < -0.3 is 14.2 Å². The molecule has 4 rings (SSSR count). The Morgan fingerprint density at radius 2 is 1.76 bits per heavy atom. The monoisotopic (exact) mass is 620 g/mol. The zero-order valence-electron chi connectivity index (χ0n) is 20.7. The smallest absolute Gasteiger partial charge is 0.417 e. The van der Waals surface area contributed by atoms with Gasteiger partial charge in [-0.05, 0) is 48.1 Å². The standard InChI is InChI=1S/C26H19Cl2F5N2O6/c27-19-10-34-11-20(28)17(19)9-22(14-3-6-21(41-25(29)30)23(7-14)39-12-13-1-2-13)40-24(36)16-5-4-15(35(37)38)8-18(16)26(31,32)33/h3-8,10-11,13,22,25H,1-2,9,12H2/t22-/m0/s1. The SMILES string of the molecule is O=C(O[C@@H](Cc1c(Cl)cncc1Cl)c1ccc(OC(F)F)c(OCC2CC2)c1)c1ccc([N+](=O)[O-])cc1C(F)(F)F. The molecule has 218 valence electrons. The topological polar surface area (TPSA) is 101 Å². The summed E-state index contributed by atoms with van der Waals surface area (Å²) >= 11 is 12.4. The normalized spacial score (nSPS) is 14.0. The van der Waals surface area contributed by atoms with Crippen molar-refractivity contribution in [3.05, 3.63) is 91.2 Å². The van der Waals surface area contributed by atoms with E-state index in [1.807, 2.05) is 0 Å². The molecule has 0 saturated heterocycles. The van der Waals surface area contributed by atoms with Gasteiger partial charge in [-0.25, -0.2) is 4.79 Å². The predicted octanol–water partition coefficient (Wildman–Crippen LogP) is 7.85. The first-order valence-electron chi connectivity index (χ1n) is 11.9. The van der Waals surface area contributed by atoms with E-state index in [-0.39, 0.29) is 57.7 Å². The highest BCUT2D eigenvalue weighted by molar-refractivity contribution is 6.35. The van der Waals surface area contributed by atoms with E-state index in [1.165, 1.54) is 24.5 Å². The van der Waals surface area contributed by atoms with Crippen molar-refractivity contribution in [2.45, 2.75) is 38.2 Å². The van der Waals surface area contributed by atoms with Crippen LogP contribution in [0.2, 0.25) is 10.0 Å². The van der Waals surface area contributed by atoms with Gasteiger partial charge >= 0.3 is 18.8 Å². The molecule has 1 atom stereocenters. The van der Waals surface area contributed by atoms with Crippen molar-refractivity contribution in [3.8, 4) is 11.5 Å². The molecular formula is C26H19Cl2F5N2O6. The molecule has 0 N–H and O–H groups in total. The molecule has 1 heterocycles. The van der Waals surface area contributed by atoms with Crippen molar-refractivity contribution in [2.24, 2.45) is 5.92 Å². The van der Waals surface area contributed by atoms with Crippen LogP contribution in [0.3, 0.4) is 0 Å². The van der Waals surface area contributed by atoms with Gasteiger partial charge in [0.25, 0.3) is 5.69 Å². The van der Waals surface area contributed by atoms with Gasteiger partial charge in [-0.1, -0.05) is 29.3 Å². The minimum atomic E-state index is -5.13. The molecule has 41 heavy (non-hydrogen) atoms. The third-order valence-corrected chi connectivity index (χ3v) is 6.71. The number of halogens is 7. The van der Waals surface area contributed by atoms with E-state index >= 15 is 0 Å². The van der Waals surface area contributed by atoms with E-state index in [1.54, 1.807) is 0 Å². The first kappa shape index (κ1) is 30.3. The maximum Gasteiger partial charge on any atom is 0.417 e. The van der Waals surface area contributed by atoms with Crippen molar-refractivity contribution >= 4 is 34.9 Å². The molecule has 1 aliphatic carbocycles. The number of nitro groups is 1. The number of benzene rings is 2. The molecule has 1 saturated carbocycles. The Hall–Kier alpha value is -3.71. The van der Waals surface area contributed by atoms with Crippen molar-refractivity contribution < 1.29 is 45.9 Å². The van der Waals surface area contributed by atoms with Gasteiger partial charge in [0, 0.05) is 30.9 Å². The molecule has 15 heteroatoms. The number of carbonyl (C=O) groups is 1. The molecule has 2 aromatic carbocycles. The van der Waals surface area contributed by atoms with Crippen LogP contribution in [0.4, 0.5) is 27.6 Å². The minimum absolute atomic E-state index is 0.0627. The first-order valence-corrected chi connectivity index (χ1v) is 12.6. The van der Waals surface area contributed by atoms with Crippen molar-refractivity contribution in [1.82, 2.24) is 4.98 Å². The third-order valence-electron chi connectivity index (χ3n) is 6.06. The van der Waals surface area contributed by atoms with E-state index < -0.39 is 46.6 Å². The number of carbonyl (C=O) groups excluding carboxylic acids is 1. The molecule has 1 fully saturated rings. The molecule has 1 aromatic heterocycles. The van der Waals surface area contributed by atoms with Crippen LogP contribution >= 0.6 is 23.2 Å². The lowest BCUT2D eigenvalue weighted by atomic mass is 10.0. The highest BCUT2D eigenvalue weighted by Gasteiger charge is 2.38. The summed E-state index contributed by atoms with van der Waals surface area (Å²) in [6, 6.07) is 5.27. The lowest BCUT2D eigenvalue weighted by Gasteiger charge is -2.22. The maximum atomic E-state index is 13.8. The summed E-state index contributed by atoms with van der Waals surface area (Å²) in [6.45, 7) is -2.97. The lowest BCUT2D eigenvalue weighted by Crippen LogP contribution is -2.19. The number of pyridine rings is 1. The van der Waals surface area contributed by atoms with Crippen LogP contribution in [0.25, 0.3) is 0 Å². The number of nitro benzene ring substituents is 1. The Kier molecular flexibility index (Phi) is 9.17. The van der Waals surface area contributed by atoms with E-state index in [0.717, 1.165) is 25.0 Å². The summed E-state index contributed by atoms with van der Waals surface area (Å²) in [6.07, 6.45) is -2.49. The van der Waals surface area contributed by atoms with Gasteiger partial charge in [0.15, 0.2) is 11.5 Å². The van der Waals surface area contributed by atoms with Crippen LogP contribution in [0.15, 0.2) is 48.8 Å². The second-order valence-corrected chi connectivity index (χ2v) is 9.82. The summed E-state index contributed by atoms with van der Waals surface area (Å²) < 4.78 is 83.0. The zero-order valence-corrected chi connectivity index (χ0v) is 22.2. The van der Waals surface area contributed by atoms with E-state index in [9.17, 15) is 36.9 Å².